The number of ether oxygens (including phenoxy) is 3. The zero-order chi connectivity index (χ0) is 26.3. The van der Waals surface area contributed by atoms with Crippen LogP contribution in [-0.2, 0) is 35.1 Å². The number of carbonyl (C=O) groups excluding carboxylic acids is 2. The van der Waals surface area contributed by atoms with Crippen molar-refractivity contribution in [1.82, 2.24) is 5.32 Å². The molecule has 0 atom stereocenters. The Bertz CT molecular complexity index is 1070. The van der Waals surface area contributed by atoms with E-state index >= 15 is 0 Å². The fraction of sp³-hybridized carbons (Fsp3) is 0.393. The molecule has 1 aliphatic rings. The van der Waals surface area contributed by atoms with Crippen molar-refractivity contribution < 1.29 is 33.7 Å². The number of amides is 2. The lowest BCUT2D eigenvalue weighted by Gasteiger charge is -2.27. The van der Waals surface area contributed by atoms with Crippen LogP contribution >= 0.6 is 0 Å². The number of benzene rings is 2. The molecule has 1 aliphatic heterocycles. The smallest absolute Gasteiger partial charge is 0.305 e. The summed E-state index contributed by atoms with van der Waals surface area (Å²) in [5.74, 6) is -1.20. The molecule has 198 valence electrons. The van der Waals surface area contributed by atoms with Gasteiger partial charge >= 0.3 is 5.97 Å². The normalized spacial score (nSPS) is 13.1. The van der Waals surface area contributed by atoms with Crippen LogP contribution in [0.2, 0.25) is 0 Å². The monoisotopic (exact) mass is 510 g/mol. The molecule has 0 spiro atoms. The minimum absolute atomic E-state index is 0.0265. The molecule has 37 heavy (non-hydrogen) atoms. The van der Waals surface area contributed by atoms with E-state index in [9.17, 15) is 14.4 Å². The van der Waals surface area contributed by atoms with E-state index < -0.39 is 5.97 Å². The SMILES string of the molecule is O=C(O)CCOCCOCCOCCNC(=O)CCC(=O)N1Cc2ccccc2/C=C\c2ccccc21. The van der Waals surface area contributed by atoms with Crippen molar-refractivity contribution in [1.29, 1.82) is 0 Å². The molecule has 9 heteroatoms. The van der Waals surface area contributed by atoms with Gasteiger partial charge < -0.3 is 29.5 Å². The molecule has 3 rings (SSSR count). The highest BCUT2D eigenvalue weighted by Crippen LogP contribution is 2.29. The highest BCUT2D eigenvalue weighted by Gasteiger charge is 2.21. The van der Waals surface area contributed by atoms with Gasteiger partial charge in [-0.3, -0.25) is 14.4 Å². The van der Waals surface area contributed by atoms with E-state index in [1.54, 1.807) is 4.90 Å². The van der Waals surface area contributed by atoms with Crippen LogP contribution in [0.1, 0.15) is 36.0 Å². The van der Waals surface area contributed by atoms with E-state index in [1.165, 1.54) is 0 Å². The molecular formula is C28H34N2O7. The number of nitrogens with zero attached hydrogens (tertiary/aromatic N) is 1. The lowest BCUT2D eigenvalue weighted by Crippen LogP contribution is -2.33. The predicted octanol–water partition coefficient (Wildman–Crippen LogP) is 3.12. The third-order valence-electron chi connectivity index (χ3n) is 5.69. The predicted molar refractivity (Wildman–Crippen MR) is 140 cm³/mol. The van der Waals surface area contributed by atoms with Crippen molar-refractivity contribution in [2.45, 2.75) is 25.8 Å². The van der Waals surface area contributed by atoms with Crippen molar-refractivity contribution in [3.05, 3.63) is 65.2 Å². The van der Waals surface area contributed by atoms with E-state index in [-0.39, 0.29) is 37.7 Å². The van der Waals surface area contributed by atoms with Gasteiger partial charge in [-0.2, -0.15) is 0 Å². The van der Waals surface area contributed by atoms with Crippen LogP contribution in [0.15, 0.2) is 48.5 Å². The third-order valence-corrected chi connectivity index (χ3v) is 5.69. The van der Waals surface area contributed by atoms with Crippen molar-refractivity contribution in [2.24, 2.45) is 0 Å². The molecule has 0 unspecified atom stereocenters. The Hall–Kier alpha value is -3.53. The summed E-state index contributed by atoms with van der Waals surface area (Å²) in [5.41, 5.74) is 3.92. The van der Waals surface area contributed by atoms with E-state index in [0.717, 1.165) is 22.4 Å². The molecule has 0 bridgehead atoms. The summed E-state index contributed by atoms with van der Waals surface area (Å²) in [6.07, 6.45) is 4.26. The molecule has 0 saturated heterocycles. The number of anilines is 1. The van der Waals surface area contributed by atoms with Gasteiger partial charge in [-0.25, -0.2) is 0 Å². The first-order valence-electron chi connectivity index (χ1n) is 12.4. The number of hydrogen-bond donors (Lipinski definition) is 2. The van der Waals surface area contributed by atoms with Gasteiger partial charge in [0.1, 0.15) is 0 Å². The zero-order valence-electron chi connectivity index (χ0n) is 20.9. The first-order chi connectivity index (χ1) is 18.0. The van der Waals surface area contributed by atoms with Crippen molar-refractivity contribution >= 4 is 35.6 Å². The molecule has 2 N–H and O–H groups in total. The van der Waals surface area contributed by atoms with Crippen molar-refractivity contribution in [3.8, 4) is 0 Å². The average Bonchev–Trinajstić information content (AvgIpc) is 2.89. The maximum Gasteiger partial charge on any atom is 0.305 e. The van der Waals surface area contributed by atoms with Gasteiger partial charge in [-0.15, -0.1) is 0 Å². The van der Waals surface area contributed by atoms with Crippen LogP contribution in [0.5, 0.6) is 0 Å². The molecular weight excluding hydrogens is 476 g/mol. The molecule has 2 aromatic carbocycles. The Morgan fingerprint density at radius 1 is 0.757 bits per heavy atom. The van der Waals surface area contributed by atoms with Gasteiger partial charge in [0.2, 0.25) is 11.8 Å². The number of rotatable bonds is 15. The Kier molecular flexibility index (Phi) is 11.8. The quantitative estimate of drug-likeness (QED) is 0.354. The lowest BCUT2D eigenvalue weighted by atomic mass is 10.0. The lowest BCUT2D eigenvalue weighted by molar-refractivity contribution is -0.138. The number of aliphatic carboxylic acids is 1. The highest BCUT2D eigenvalue weighted by molar-refractivity contribution is 5.98. The second-order valence-corrected chi connectivity index (χ2v) is 8.40. The largest absolute Gasteiger partial charge is 0.481 e. The van der Waals surface area contributed by atoms with E-state index in [0.29, 0.717) is 46.1 Å². The Morgan fingerprint density at radius 2 is 1.38 bits per heavy atom. The molecule has 0 aliphatic carbocycles. The van der Waals surface area contributed by atoms with Crippen molar-refractivity contribution in [3.63, 3.8) is 0 Å². The minimum Gasteiger partial charge on any atom is -0.481 e. The van der Waals surface area contributed by atoms with E-state index in [2.05, 4.69) is 11.4 Å². The molecule has 9 nitrogen and oxygen atoms in total. The second-order valence-electron chi connectivity index (χ2n) is 8.40. The van der Waals surface area contributed by atoms with Crippen LogP contribution < -0.4 is 10.2 Å². The van der Waals surface area contributed by atoms with Gasteiger partial charge in [0.25, 0.3) is 0 Å². The van der Waals surface area contributed by atoms with Gasteiger partial charge in [-0.1, -0.05) is 54.6 Å². The van der Waals surface area contributed by atoms with Gasteiger partial charge in [0, 0.05) is 19.4 Å². The fourth-order valence-corrected chi connectivity index (χ4v) is 3.78. The number of fused-ring (bicyclic) bond motifs is 2. The van der Waals surface area contributed by atoms with Crippen LogP contribution in [0.3, 0.4) is 0 Å². The maximum atomic E-state index is 13.2. The second kappa shape index (κ2) is 15.6. The van der Waals surface area contributed by atoms with Crippen molar-refractivity contribution in [2.75, 3.05) is 51.1 Å². The standard InChI is InChI=1S/C28H34N2O7/c31-26(29-14-16-36-18-20-37-19-17-35-15-13-28(33)34)11-12-27(32)30-21-24-7-2-1-5-22(24)9-10-23-6-3-4-8-25(23)30/h1-10H,11-21H2,(H,29,31)(H,33,34)/b10-9-. The maximum absolute atomic E-state index is 13.2. The number of carbonyl (C=O) groups is 3. The third kappa shape index (κ3) is 9.80. The number of carboxylic acid groups (broad SMARTS) is 1. The summed E-state index contributed by atoms with van der Waals surface area (Å²) in [6.45, 7) is 2.72. The molecule has 2 aromatic rings. The van der Waals surface area contributed by atoms with Gasteiger partial charge in [0.15, 0.2) is 0 Å². The molecule has 1 heterocycles. The molecule has 0 aromatic heterocycles. The minimum atomic E-state index is -0.893. The summed E-state index contributed by atoms with van der Waals surface area (Å²) in [5, 5.41) is 11.3. The van der Waals surface area contributed by atoms with Crippen LogP contribution in [-0.4, -0.2) is 69.1 Å². The summed E-state index contributed by atoms with van der Waals surface area (Å²) < 4.78 is 15.9. The molecule has 0 radical (unpaired) electrons. The Labute approximate surface area is 217 Å². The molecule has 0 fully saturated rings. The van der Waals surface area contributed by atoms with Gasteiger partial charge in [0.05, 0.1) is 58.3 Å². The molecule has 2 amide bonds. The first-order valence-corrected chi connectivity index (χ1v) is 12.4. The molecule has 0 saturated carbocycles. The van der Waals surface area contributed by atoms with Gasteiger partial charge in [-0.05, 0) is 22.8 Å². The summed E-state index contributed by atoms with van der Waals surface area (Å²) in [7, 11) is 0. The van der Waals surface area contributed by atoms with Crippen LogP contribution in [0.25, 0.3) is 12.2 Å². The van der Waals surface area contributed by atoms with Crippen LogP contribution in [0, 0.1) is 0 Å². The summed E-state index contributed by atoms with van der Waals surface area (Å²) in [4.78, 5) is 37.6. The van der Waals surface area contributed by atoms with E-state index in [1.807, 2.05) is 54.6 Å². The highest BCUT2D eigenvalue weighted by atomic mass is 16.5. The fourth-order valence-electron chi connectivity index (χ4n) is 3.78. The van der Waals surface area contributed by atoms with Crippen LogP contribution in [0.4, 0.5) is 5.69 Å². The Morgan fingerprint density at radius 3 is 2.14 bits per heavy atom. The first kappa shape index (κ1) is 28.0. The number of hydrogen-bond acceptors (Lipinski definition) is 6. The summed E-state index contributed by atoms with van der Waals surface area (Å²) >= 11 is 0. The zero-order valence-corrected chi connectivity index (χ0v) is 20.9. The van der Waals surface area contributed by atoms with E-state index in [4.69, 9.17) is 19.3 Å². The average molecular weight is 511 g/mol. The topological polar surface area (TPSA) is 114 Å². The number of nitrogens with one attached hydrogen (secondary N) is 1. The summed E-state index contributed by atoms with van der Waals surface area (Å²) in [6, 6.07) is 15.8. The Balaban J connectivity index is 1.33. The number of carboxylic acids is 1. The number of para-hydroxylation sites is 1.